The van der Waals surface area contributed by atoms with E-state index in [9.17, 15) is 9.59 Å². The normalized spacial score (nSPS) is 15.2. The Kier molecular flexibility index (Phi) is 6.64. The van der Waals surface area contributed by atoms with Gasteiger partial charge in [0.15, 0.2) is 17.6 Å². The molecular formula is C21H23BrN2O5. The Morgan fingerprint density at radius 1 is 1.21 bits per heavy atom. The summed E-state index contributed by atoms with van der Waals surface area (Å²) < 4.78 is 17.3. The van der Waals surface area contributed by atoms with Crippen LogP contribution in [0.4, 0.5) is 5.69 Å². The summed E-state index contributed by atoms with van der Waals surface area (Å²) in [5, 5.41) is 2.89. The van der Waals surface area contributed by atoms with E-state index in [1.807, 2.05) is 24.3 Å². The molecule has 1 heterocycles. The summed E-state index contributed by atoms with van der Waals surface area (Å²) in [5.74, 6) is 1.39. The molecule has 0 fully saturated rings. The number of hydrogen-bond acceptors (Lipinski definition) is 5. The summed E-state index contributed by atoms with van der Waals surface area (Å²) >= 11 is 3.52. The third-order valence-corrected chi connectivity index (χ3v) is 5.43. The van der Waals surface area contributed by atoms with Gasteiger partial charge in [0.25, 0.3) is 5.91 Å². The van der Waals surface area contributed by atoms with Crippen LogP contribution in [-0.4, -0.2) is 45.2 Å². The van der Waals surface area contributed by atoms with E-state index in [4.69, 9.17) is 14.2 Å². The summed E-state index contributed by atoms with van der Waals surface area (Å²) in [7, 11) is 3.16. The van der Waals surface area contributed by atoms with Crippen molar-refractivity contribution in [1.29, 1.82) is 0 Å². The molecule has 3 rings (SSSR count). The van der Waals surface area contributed by atoms with E-state index in [-0.39, 0.29) is 18.4 Å². The van der Waals surface area contributed by atoms with Crippen LogP contribution in [0.3, 0.4) is 0 Å². The lowest BCUT2D eigenvalue weighted by molar-refractivity contribution is -0.128. The minimum atomic E-state index is -0.761. The highest BCUT2D eigenvalue weighted by molar-refractivity contribution is 9.10. The quantitative estimate of drug-likeness (QED) is 0.713. The van der Waals surface area contributed by atoms with Crippen LogP contribution in [0.25, 0.3) is 0 Å². The third-order valence-electron chi connectivity index (χ3n) is 4.69. The van der Waals surface area contributed by atoms with Gasteiger partial charge in [-0.1, -0.05) is 28.1 Å². The average molecular weight is 463 g/mol. The highest BCUT2D eigenvalue weighted by Gasteiger charge is 2.32. The van der Waals surface area contributed by atoms with E-state index in [0.29, 0.717) is 35.9 Å². The Bertz CT molecular complexity index is 918. The lowest BCUT2D eigenvalue weighted by atomic mass is 10.1. The topological polar surface area (TPSA) is 77.1 Å². The number of amides is 2. The van der Waals surface area contributed by atoms with E-state index in [0.717, 1.165) is 10.0 Å². The number of carbonyl (C=O) groups is 2. The zero-order chi connectivity index (χ0) is 21.0. The lowest BCUT2D eigenvalue weighted by Crippen LogP contribution is -2.50. The van der Waals surface area contributed by atoms with Crippen LogP contribution in [0.2, 0.25) is 0 Å². The maximum Gasteiger partial charge on any atom is 0.262 e. The molecule has 8 heteroatoms. The molecule has 0 radical (unpaired) electrons. The van der Waals surface area contributed by atoms with Crippen molar-refractivity contribution in [2.75, 3.05) is 32.2 Å². The van der Waals surface area contributed by atoms with E-state index in [2.05, 4.69) is 21.2 Å². The van der Waals surface area contributed by atoms with Crippen molar-refractivity contribution >= 4 is 33.4 Å². The number of halogens is 1. The van der Waals surface area contributed by atoms with Gasteiger partial charge in [0.2, 0.25) is 5.91 Å². The van der Waals surface area contributed by atoms with Crippen LogP contribution in [0.1, 0.15) is 12.5 Å². The van der Waals surface area contributed by atoms with Gasteiger partial charge in [-0.05, 0) is 36.2 Å². The van der Waals surface area contributed by atoms with Crippen molar-refractivity contribution in [2.24, 2.45) is 0 Å². The Hall–Kier alpha value is -2.74. The van der Waals surface area contributed by atoms with Crippen LogP contribution in [0.15, 0.2) is 40.9 Å². The van der Waals surface area contributed by atoms with Gasteiger partial charge in [0.05, 0.1) is 26.5 Å². The van der Waals surface area contributed by atoms with Crippen LogP contribution >= 0.6 is 15.9 Å². The number of rotatable bonds is 6. The van der Waals surface area contributed by atoms with Gasteiger partial charge < -0.3 is 24.4 Å². The zero-order valence-electron chi connectivity index (χ0n) is 16.5. The molecular weight excluding hydrogens is 440 g/mol. The first-order chi connectivity index (χ1) is 13.9. The first-order valence-corrected chi connectivity index (χ1v) is 9.95. The standard InChI is InChI=1S/C21H23BrN2O5/c1-13(25)24-12-20(29-17-7-5-4-6-16(17)24)21(26)23-9-8-14-10-18(27-2)19(28-3)11-15(14)22/h4-7,10-11,20H,8-9,12H2,1-3H3,(H,23,26). The zero-order valence-corrected chi connectivity index (χ0v) is 18.1. The van der Waals surface area contributed by atoms with E-state index < -0.39 is 6.10 Å². The number of methoxy groups -OCH3 is 2. The molecule has 29 heavy (non-hydrogen) atoms. The molecule has 154 valence electrons. The molecule has 0 saturated heterocycles. The first kappa shape index (κ1) is 21.0. The highest BCUT2D eigenvalue weighted by Crippen LogP contribution is 2.34. The fraction of sp³-hybridized carbons (Fsp3) is 0.333. The number of para-hydroxylation sites is 2. The monoisotopic (exact) mass is 462 g/mol. The number of fused-ring (bicyclic) bond motifs is 1. The summed E-state index contributed by atoms with van der Waals surface area (Å²) in [6.45, 7) is 2.07. The first-order valence-electron chi connectivity index (χ1n) is 9.16. The molecule has 0 spiro atoms. The lowest BCUT2D eigenvalue weighted by Gasteiger charge is -2.33. The summed E-state index contributed by atoms with van der Waals surface area (Å²) in [6.07, 6.45) is -0.172. The predicted molar refractivity (Wildman–Crippen MR) is 113 cm³/mol. The van der Waals surface area contributed by atoms with Gasteiger partial charge >= 0.3 is 0 Å². The van der Waals surface area contributed by atoms with Crippen LogP contribution in [0, 0.1) is 0 Å². The number of nitrogens with zero attached hydrogens (tertiary/aromatic N) is 1. The molecule has 1 unspecified atom stereocenters. The van der Waals surface area contributed by atoms with Crippen LogP contribution in [0.5, 0.6) is 17.2 Å². The molecule has 0 saturated carbocycles. The number of hydrogen-bond donors (Lipinski definition) is 1. The fourth-order valence-corrected chi connectivity index (χ4v) is 3.71. The van der Waals surface area contributed by atoms with Gasteiger partial charge in [0, 0.05) is 17.9 Å². The van der Waals surface area contributed by atoms with Crippen molar-refractivity contribution in [1.82, 2.24) is 5.32 Å². The molecule has 2 aromatic rings. The van der Waals surface area contributed by atoms with Crippen LogP contribution < -0.4 is 24.4 Å². The summed E-state index contributed by atoms with van der Waals surface area (Å²) in [6, 6.07) is 10.9. The van der Waals surface area contributed by atoms with Gasteiger partial charge in [-0.25, -0.2) is 0 Å². The Morgan fingerprint density at radius 3 is 2.59 bits per heavy atom. The second kappa shape index (κ2) is 9.17. The van der Waals surface area contributed by atoms with E-state index in [1.165, 1.54) is 6.92 Å². The smallest absolute Gasteiger partial charge is 0.262 e. The largest absolute Gasteiger partial charge is 0.493 e. The molecule has 1 aliphatic heterocycles. The maximum atomic E-state index is 12.6. The van der Waals surface area contributed by atoms with Crippen molar-refractivity contribution < 1.29 is 23.8 Å². The molecule has 7 nitrogen and oxygen atoms in total. The number of carbonyl (C=O) groups excluding carboxylic acids is 2. The van der Waals surface area contributed by atoms with Crippen LogP contribution in [-0.2, 0) is 16.0 Å². The van der Waals surface area contributed by atoms with Gasteiger partial charge in [0.1, 0.15) is 5.75 Å². The summed E-state index contributed by atoms with van der Waals surface area (Å²) in [5.41, 5.74) is 1.65. The molecule has 1 aliphatic rings. The van der Waals surface area contributed by atoms with Crippen molar-refractivity contribution in [2.45, 2.75) is 19.4 Å². The Morgan fingerprint density at radius 2 is 1.90 bits per heavy atom. The van der Waals surface area contributed by atoms with Gasteiger partial charge in [-0.2, -0.15) is 0 Å². The molecule has 1 N–H and O–H groups in total. The molecule has 1 atom stereocenters. The third kappa shape index (κ3) is 4.64. The van der Waals surface area contributed by atoms with Crippen molar-refractivity contribution in [3.8, 4) is 17.2 Å². The second-order valence-corrected chi connectivity index (χ2v) is 7.40. The summed E-state index contributed by atoms with van der Waals surface area (Å²) in [4.78, 5) is 26.2. The van der Waals surface area contributed by atoms with E-state index in [1.54, 1.807) is 31.3 Å². The van der Waals surface area contributed by atoms with E-state index >= 15 is 0 Å². The average Bonchev–Trinajstić information content (AvgIpc) is 2.73. The Balaban J connectivity index is 1.64. The molecule has 2 aromatic carbocycles. The predicted octanol–water partition coefficient (Wildman–Crippen LogP) is 2.94. The maximum absolute atomic E-state index is 12.6. The Labute approximate surface area is 178 Å². The number of nitrogens with one attached hydrogen (secondary N) is 1. The minimum absolute atomic E-state index is 0.132. The SMILES string of the molecule is COc1cc(Br)c(CCNC(=O)C2CN(C(C)=O)c3ccccc3O2)cc1OC. The van der Waals surface area contributed by atoms with Gasteiger partial charge in [-0.3, -0.25) is 9.59 Å². The minimum Gasteiger partial charge on any atom is -0.493 e. The second-order valence-electron chi connectivity index (χ2n) is 6.54. The number of benzene rings is 2. The number of ether oxygens (including phenoxy) is 3. The van der Waals surface area contributed by atoms with Crippen molar-refractivity contribution in [3.05, 3.63) is 46.4 Å². The molecule has 0 bridgehead atoms. The van der Waals surface area contributed by atoms with Gasteiger partial charge in [-0.15, -0.1) is 0 Å². The highest BCUT2D eigenvalue weighted by atomic mass is 79.9. The molecule has 0 aromatic heterocycles. The number of anilines is 1. The van der Waals surface area contributed by atoms with Crippen molar-refractivity contribution in [3.63, 3.8) is 0 Å². The fourth-order valence-electron chi connectivity index (χ4n) is 3.19. The molecule has 2 amide bonds. The molecule has 0 aliphatic carbocycles.